The van der Waals surface area contributed by atoms with Gasteiger partial charge in [0.2, 0.25) is 12.7 Å². The molecule has 0 spiro atoms. The van der Waals surface area contributed by atoms with Crippen LogP contribution in [0.2, 0.25) is 0 Å². The third-order valence-electron chi connectivity index (χ3n) is 7.47. The first-order chi connectivity index (χ1) is 20.0. The SMILES string of the molecule is CC/C(=C\C(=O)O)c1ccc2c(C(C(=O)NS(=O)(=O)c3ccc(C(C)C)cc3)c3ccc4c(c3)OCO4)cn(C)c2c1. The fraction of sp³-hybridized carbons (Fsp3) is 0.250. The number of aromatic nitrogens is 1. The number of aryl methyl sites for hydroxylation is 1. The second kappa shape index (κ2) is 11.4. The molecule has 0 aliphatic carbocycles. The molecule has 42 heavy (non-hydrogen) atoms. The molecule has 0 fully saturated rings. The number of hydrogen-bond donors (Lipinski definition) is 2. The number of fused-ring (bicyclic) bond motifs is 2. The number of carbonyl (C=O) groups is 2. The van der Waals surface area contributed by atoms with Gasteiger partial charge in [-0.15, -0.1) is 0 Å². The van der Waals surface area contributed by atoms with Crippen molar-refractivity contribution in [2.45, 2.75) is 43.9 Å². The molecular formula is C32H32N2O7S. The Morgan fingerprint density at radius 2 is 1.69 bits per heavy atom. The van der Waals surface area contributed by atoms with Crippen LogP contribution in [0.4, 0.5) is 0 Å². The summed E-state index contributed by atoms with van der Waals surface area (Å²) >= 11 is 0. The first-order valence-electron chi connectivity index (χ1n) is 13.6. The van der Waals surface area contributed by atoms with E-state index in [1.165, 1.54) is 18.2 Å². The number of sulfonamides is 1. The number of carbonyl (C=O) groups excluding carboxylic acids is 1. The molecule has 0 radical (unpaired) electrons. The molecule has 10 heteroatoms. The number of nitrogens with one attached hydrogen (secondary N) is 1. The highest BCUT2D eigenvalue weighted by molar-refractivity contribution is 7.90. The molecule has 1 amide bonds. The van der Waals surface area contributed by atoms with E-state index in [2.05, 4.69) is 4.72 Å². The van der Waals surface area contributed by atoms with Crippen molar-refractivity contribution in [1.82, 2.24) is 9.29 Å². The van der Waals surface area contributed by atoms with Crippen molar-refractivity contribution < 1.29 is 32.6 Å². The van der Waals surface area contributed by atoms with E-state index in [-0.39, 0.29) is 17.6 Å². The van der Waals surface area contributed by atoms with Crippen molar-refractivity contribution in [2.75, 3.05) is 6.79 Å². The van der Waals surface area contributed by atoms with E-state index in [0.29, 0.717) is 34.6 Å². The zero-order chi connectivity index (χ0) is 30.2. The van der Waals surface area contributed by atoms with Crippen molar-refractivity contribution in [2.24, 2.45) is 7.05 Å². The van der Waals surface area contributed by atoms with Crippen LogP contribution in [0.1, 0.15) is 61.3 Å². The van der Waals surface area contributed by atoms with Gasteiger partial charge in [-0.05, 0) is 70.5 Å². The number of amides is 1. The van der Waals surface area contributed by atoms with Gasteiger partial charge in [-0.2, -0.15) is 0 Å². The minimum atomic E-state index is -4.18. The number of carboxylic acid groups (broad SMARTS) is 1. The predicted molar refractivity (Wildman–Crippen MR) is 159 cm³/mol. The van der Waals surface area contributed by atoms with Crippen molar-refractivity contribution >= 4 is 38.4 Å². The number of ether oxygens (including phenoxy) is 2. The maximum atomic E-state index is 14.0. The standard InChI is InChI=1S/C32H32N2O7S/c1-5-20(16-30(35)36)22-8-12-25-26(17-34(4)27(25)14-22)31(23-9-13-28-29(15-23)41-18-40-28)32(37)33-42(38,39)24-10-6-21(7-11-24)19(2)3/h6-17,19,31H,5,18H2,1-4H3,(H,33,37)(H,35,36)/b20-16+. The molecule has 1 aromatic heterocycles. The third kappa shape index (κ3) is 5.62. The van der Waals surface area contributed by atoms with Gasteiger partial charge in [0, 0.05) is 30.2 Å². The first-order valence-corrected chi connectivity index (χ1v) is 15.1. The van der Waals surface area contributed by atoms with Gasteiger partial charge in [-0.1, -0.05) is 51.1 Å². The molecule has 2 N–H and O–H groups in total. The third-order valence-corrected chi connectivity index (χ3v) is 8.83. The summed E-state index contributed by atoms with van der Waals surface area (Å²) in [6.07, 6.45) is 3.50. The number of rotatable bonds is 9. The van der Waals surface area contributed by atoms with Gasteiger partial charge in [-0.25, -0.2) is 17.9 Å². The number of aliphatic carboxylic acids is 1. The Morgan fingerprint density at radius 3 is 2.36 bits per heavy atom. The Hall–Kier alpha value is -4.57. The quantitative estimate of drug-likeness (QED) is 0.246. The smallest absolute Gasteiger partial charge is 0.328 e. The number of nitrogens with zero attached hydrogens (tertiary/aromatic N) is 1. The molecule has 4 aromatic rings. The molecule has 1 aliphatic rings. The summed E-state index contributed by atoms with van der Waals surface area (Å²) in [7, 11) is -2.36. The van der Waals surface area contributed by atoms with Crippen LogP contribution in [0.25, 0.3) is 16.5 Å². The van der Waals surface area contributed by atoms with E-state index in [1.54, 1.807) is 36.5 Å². The lowest BCUT2D eigenvalue weighted by Crippen LogP contribution is -2.35. The Kier molecular flexibility index (Phi) is 7.83. The molecule has 3 aromatic carbocycles. The molecule has 1 aliphatic heterocycles. The largest absolute Gasteiger partial charge is 0.478 e. The van der Waals surface area contributed by atoms with E-state index >= 15 is 0 Å². The molecular weight excluding hydrogens is 556 g/mol. The number of benzene rings is 3. The zero-order valence-electron chi connectivity index (χ0n) is 23.7. The van der Waals surface area contributed by atoms with Gasteiger partial charge in [0.25, 0.3) is 10.0 Å². The van der Waals surface area contributed by atoms with Crippen LogP contribution in [0, 0.1) is 0 Å². The molecule has 1 atom stereocenters. The predicted octanol–water partition coefficient (Wildman–Crippen LogP) is 5.55. The Labute approximate surface area is 244 Å². The highest BCUT2D eigenvalue weighted by Crippen LogP contribution is 2.39. The number of hydrogen-bond acceptors (Lipinski definition) is 6. The first kappa shape index (κ1) is 28.9. The topological polar surface area (TPSA) is 124 Å². The van der Waals surface area contributed by atoms with Crippen LogP contribution < -0.4 is 14.2 Å². The highest BCUT2D eigenvalue weighted by Gasteiger charge is 2.31. The second-order valence-electron chi connectivity index (χ2n) is 10.5. The fourth-order valence-electron chi connectivity index (χ4n) is 5.23. The van der Waals surface area contributed by atoms with Crippen molar-refractivity contribution in [3.8, 4) is 11.5 Å². The van der Waals surface area contributed by atoms with Gasteiger partial charge < -0.3 is 19.1 Å². The maximum Gasteiger partial charge on any atom is 0.328 e. The average Bonchev–Trinajstić information content (AvgIpc) is 3.55. The summed E-state index contributed by atoms with van der Waals surface area (Å²) in [6.45, 7) is 5.96. The van der Waals surface area contributed by atoms with E-state index in [9.17, 15) is 23.1 Å². The lowest BCUT2D eigenvalue weighted by molar-refractivity contribution is -0.131. The minimum absolute atomic E-state index is 0.00967. The minimum Gasteiger partial charge on any atom is -0.478 e. The molecule has 2 heterocycles. The molecule has 9 nitrogen and oxygen atoms in total. The second-order valence-corrected chi connectivity index (χ2v) is 12.2. The van der Waals surface area contributed by atoms with Gasteiger partial charge in [0.05, 0.1) is 10.8 Å². The Morgan fingerprint density at radius 1 is 1.00 bits per heavy atom. The van der Waals surface area contributed by atoms with Crippen LogP contribution in [-0.2, 0) is 26.7 Å². The van der Waals surface area contributed by atoms with Gasteiger partial charge >= 0.3 is 5.97 Å². The van der Waals surface area contributed by atoms with Crippen LogP contribution in [0.3, 0.4) is 0 Å². The maximum absolute atomic E-state index is 14.0. The van der Waals surface area contributed by atoms with Crippen molar-refractivity contribution in [1.29, 1.82) is 0 Å². The summed E-state index contributed by atoms with van der Waals surface area (Å²) < 4.78 is 41.8. The summed E-state index contributed by atoms with van der Waals surface area (Å²) in [6, 6.07) is 17.1. The molecule has 0 saturated heterocycles. The van der Waals surface area contributed by atoms with Gasteiger partial charge in [-0.3, -0.25) is 4.79 Å². The normalized spacial score (nSPS) is 13.9. The fourth-order valence-corrected chi connectivity index (χ4v) is 6.23. The summed E-state index contributed by atoms with van der Waals surface area (Å²) in [5.41, 5.74) is 4.26. The molecule has 0 bridgehead atoms. The van der Waals surface area contributed by atoms with Crippen molar-refractivity contribution in [3.63, 3.8) is 0 Å². The van der Waals surface area contributed by atoms with Crippen molar-refractivity contribution in [3.05, 3.63) is 95.2 Å². The van der Waals surface area contributed by atoms with Gasteiger partial charge in [0.15, 0.2) is 11.5 Å². The zero-order valence-corrected chi connectivity index (χ0v) is 24.6. The summed E-state index contributed by atoms with van der Waals surface area (Å²) in [5.74, 6) is -1.54. The lowest BCUT2D eigenvalue weighted by Gasteiger charge is -2.18. The Balaban J connectivity index is 1.59. The van der Waals surface area contributed by atoms with E-state index < -0.39 is 27.8 Å². The molecule has 0 saturated carbocycles. The lowest BCUT2D eigenvalue weighted by atomic mass is 9.89. The molecule has 5 rings (SSSR count). The summed E-state index contributed by atoms with van der Waals surface area (Å²) in [4.78, 5) is 25.3. The van der Waals surface area contributed by atoms with Crippen LogP contribution >= 0.6 is 0 Å². The average molecular weight is 589 g/mol. The van der Waals surface area contributed by atoms with E-state index in [1.807, 2.05) is 50.6 Å². The van der Waals surface area contributed by atoms with E-state index in [4.69, 9.17) is 9.47 Å². The number of carboxylic acids is 1. The summed E-state index contributed by atoms with van der Waals surface area (Å²) in [5, 5.41) is 10.0. The number of allylic oxidation sites excluding steroid dienone is 1. The van der Waals surface area contributed by atoms with Gasteiger partial charge in [0.1, 0.15) is 0 Å². The highest BCUT2D eigenvalue weighted by atomic mass is 32.2. The molecule has 218 valence electrons. The van der Waals surface area contributed by atoms with E-state index in [0.717, 1.165) is 22.0 Å². The Bertz CT molecular complexity index is 1820. The van der Waals surface area contributed by atoms with Crippen LogP contribution in [-0.4, -0.2) is 36.8 Å². The van der Waals surface area contributed by atoms with Crippen LogP contribution in [0.15, 0.2) is 77.8 Å². The molecule has 1 unspecified atom stereocenters. The monoisotopic (exact) mass is 588 g/mol. The van der Waals surface area contributed by atoms with Crippen LogP contribution in [0.5, 0.6) is 11.5 Å².